The number of carboxylic acids is 1. The van der Waals surface area contributed by atoms with E-state index in [1.165, 1.54) is 0 Å². The average molecular weight is 276 g/mol. The Bertz CT molecular complexity index is 514. The second kappa shape index (κ2) is 6.05. The van der Waals surface area contributed by atoms with Gasteiger partial charge >= 0.3 is 5.97 Å². The third-order valence-corrected chi connectivity index (χ3v) is 3.57. The molecule has 20 heavy (non-hydrogen) atoms. The molecule has 1 aliphatic heterocycles. The van der Waals surface area contributed by atoms with E-state index in [0.717, 1.165) is 11.3 Å². The molecule has 0 aliphatic carbocycles. The SMILES string of the molecule is CN(C)CCC(=O)N1CC(CC(=O)O)c2ccccc21. The number of carbonyl (C=O) groups excluding carboxylic acids is 1. The van der Waals surface area contributed by atoms with Gasteiger partial charge in [0.05, 0.1) is 6.42 Å². The highest BCUT2D eigenvalue weighted by Crippen LogP contribution is 2.38. The lowest BCUT2D eigenvalue weighted by molar-refractivity contribution is -0.137. The Hall–Kier alpha value is -1.88. The van der Waals surface area contributed by atoms with Crippen LogP contribution in [0.15, 0.2) is 24.3 Å². The molecular weight excluding hydrogens is 256 g/mol. The molecule has 0 radical (unpaired) electrons. The quantitative estimate of drug-likeness (QED) is 0.886. The maximum Gasteiger partial charge on any atom is 0.304 e. The van der Waals surface area contributed by atoms with E-state index in [1.54, 1.807) is 4.90 Å². The number of rotatable bonds is 5. The molecule has 1 aromatic carbocycles. The summed E-state index contributed by atoms with van der Waals surface area (Å²) in [6, 6.07) is 7.59. The number of nitrogens with zero attached hydrogens (tertiary/aromatic N) is 2. The number of fused-ring (bicyclic) bond motifs is 1. The predicted molar refractivity (Wildman–Crippen MR) is 77.0 cm³/mol. The highest BCUT2D eigenvalue weighted by molar-refractivity contribution is 5.96. The standard InChI is InChI=1S/C15H20N2O3/c1-16(2)8-7-14(18)17-10-11(9-15(19)20)12-5-3-4-6-13(12)17/h3-6,11H,7-10H2,1-2H3,(H,19,20). The van der Waals surface area contributed by atoms with E-state index in [1.807, 2.05) is 43.3 Å². The highest BCUT2D eigenvalue weighted by atomic mass is 16.4. The highest BCUT2D eigenvalue weighted by Gasteiger charge is 2.32. The Morgan fingerprint density at radius 1 is 1.35 bits per heavy atom. The summed E-state index contributed by atoms with van der Waals surface area (Å²) in [5, 5.41) is 8.99. The van der Waals surface area contributed by atoms with Crippen LogP contribution in [0.5, 0.6) is 0 Å². The van der Waals surface area contributed by atoms with Crippen LogP contribution >= 0.6 is 0 Å². The fraction of sp³-hybridized carbons (Fsp3) is 0.467. The zero-order valence-electron chi connectivity index (χ0n) is 11.9. The Balaban J connectivity index is 2.16. The second-order valence-electron chi connectivity index (χ2n) is 5.41. The number of hydrogen-bond acceptors (Lipinski definition) is 3. The Morgan fingerprint density at radius 3 is 2.70 bits per heavy atom. The third-order valence-electron chi connectivity index (χ3n) is 3.57. The second-order valence-corrected chi connectivity index (χ2v) is 5.41. The van der Waals surface area contributed by atoms with Gasteiger partial charge in [-0.15, -0.1) is 0 Å². The molecule has 5 nitrogen and oxygen atoms in total. The van der Waals surface area contributed by atoms with Gasteiger partial charge in [0, 0.05) is 31.1 Å². The van der Waals surface area contributed by atoms with E-state index in [0.29, 0.717) is 19.5 Å². The zero-order chi connectivity index (χ0) is 14.7. The molecular formula is C15H20N2O3. The lowest BCUT2D eigenvalue weighted by atomic mass is 9.98. The molecule has 0 spiro atoms. The monoisotopic (exact) mass is 276 g/mol. The summed E-state index contributed by atoms with van der Waals surface area (Å²) in [5.74, 6) is -0.876. The van der Waals surface area contributed by atoms with E-state index < -0.39 is 5.97 Å². The van der Waals surface area contributed by atoms with Crippen molar-refractivity contribution in [1.82, 2.24) is 4.90 Å². The van der Waals surface area contributed by atoms with Crippen molar-refractivity contribution in [2.75, 3.05) is 32.1 Å². The van der Waals surface area contributed by atoms with Crippen LogP contribution in [0.2, 0.25) is 0 Å². The van der Waals surface area contributed by atoms with Crippen LogP contribution in [0, 0.1) is 0 Å². The van der Waals surface area contributed by atoms with Gasteiger partial charge in [0.15, 0.2) is 0 Å². The number of para-hydroxylation sites is 1. The zero-order valence-corrected chi connectivity index (χ0v) is 11.9. The number of benzene rings is 1. The van der Waals surface area contributed by atoms with Gasteiger partial charge in [0.2, 0.25) is 5.91 Å². The first-order valence-electron chi connectivity index (χ1n) is 6.75. The number of anilines is 1. The van der Waals surface area contributed by atoms with E-state index in [-0.39, 0.29) is 18.2 Å². The minimum atomic E-state index is -0.826. The van der Waals surface area contributed by atoms with Crippen molar-refractivity contribution in [1.29, 1.82) is 0 Å². The number of carboxylic acid groups (broad SMARTS) is 1. The molecule has 0 saturated heterocycles. The number of hydrogen-bond donors (Lipinski definition) is 1. The minimum absolute atomic E-state index is 0.0547. The van der Waals surface area contributed by atoms with Crippen molar-refractivity contribution in [3.05, 3.63) is 29.8 Å². The molecule has 1 aliphatic rings. The molecule has 1 unspecified atom stereocenters. The summed E-state index contributed by atoms with van der Waals surface area (Å²) in [6.07, 6.45) is 0.510. The number of carbonyl (C=O) groups is 2. The lowest BCUT2D eigenvalue weighted by Crippen LogP contribution is -2.32. The van der Waals surface area contributed by atoms with E-state index >= 15 is 0 Å². The van der Waals surface area contributed by atoms with Gasteiger partial charge in [0.25, 0.3) is 0 Å². The van der Waals surface area contributed by atoms with Crippen LogP contribution in [-0.4, -0.2) is 49.1 Å². The van der Waals surface area contributed by atoms with Crippen LogP contribution in [-0.2, 0) is 9.59 Å². The van der Waals surface area contributed by atoms with Crippen LogP contribution in [0.3, 0.4) is 0 Å². The average Bonchev–Trinajstić information content (AvgIpc) is 2.74. The minimum Gasteiger partial charge on any atom is -0.481 e. The van der Waals surface area contributed by atoms with Crippen LogP contribution in [0.25, 0.3) is 0 Å². The molecule has 108 valence electrons. The van der Waals surface area contributed by atoms with Gasteiger partial charge in [-0.1, -0.05) is 18.2 Å². The molecule has 0 saturated carbocycles. The van der Waals surface area contributed by atoms with Gasteiger partial charge in [-0.25, -0.2) is 0 Å². The van der Waals surface area contributed by atoms with E-state index in [2.05, 4.69) is 0 Å². The number of aliphatic carboxylic acids is 1. The largest absolute Gasteiger partial charge is 0.481 e. The Kier molecular flexibility index (Phi) is 4.39. The molecule has 1 atom stereocenters. The van der Waals surface area contributed by atoms with Crippen LogP contribution in [0.1, 0.15) is 24.3 Å². The first kappa shape index (κ1) is 14.5. The topological polar surface area (TPSA) is 60.9 Å². The molecule has 1 aromatic rings. The van der Waals surface area contributed by atoms with Crippen molar-refractivity contribution in [3.63, 3.8) is 0 Å². The molecule has 2 rings (SSSR count). The van der Waals surface area contributed by atoms with Crippen molar-refractivity contribution in [2.45, 2.75) is 18.8 Å². The molecule has 0 fully saturated rings. The van der Waals surface area contributed by atoms with Crippen molar-refractivity contribution >= 4 is 17.6 Å². The summed E-state index contributed by atoms with van der Waals surface area (Å²) in [4.78, 5) is 26.9. The first-order valence-corrected chi connectivity index (χ1v) is 6.75. The van der Waals surface area contributed by atoms with Gasteiger partial charge in [0.1, 0.15) is 0 Å². The number of amides is 1. The van der Waals surface area contributed by atoms with Crippen molar-refractivity contribution < 1.29 is 14.7 Å². The lowest BCUT2D eigenvalue weighted by Gasteiger charge is -2.19. The maximum atomic E-state index is 12.3. The molecule has 0 aromatic heterocycles. The molecule has 1 N–H and O–H groups in total. The smallest absolute Gasteiger partial charge is 0.304 e. The van der Waals surface area contributed by atoms with E-state index in [4.69, 9.17) is 5.11 Å². The van der Waals surface area contributed by atoms with Gasteiger partial charge < -0.3 is 14.9 Å². The summed E-state index contributed by atoms with van der Waals surface area (Å²) in [5.41, 5.74) is 1.83. The predicted octanol–water partition coefficient (Wildman–Crippen LogP) is 1.54. The summed E-state index contributed by atoms with van der Waals surface area (Å²) in [7, 11) is 3.86. The van der Waals surface area contributed by atoms with Crippen LogP contribution in [0.4, 0.5) is 5.69 Å². The third kappa shape index (κ3) is 3.17. The molecule has 1 amide bonds. The van der Waals surface area contributed by atoms with Gasteiger partial charge in [-0.05, 0) is 25.7 Å². The Labute approximate surface area is 118 Å². The van der Waals surface area contributed by atoms with Crippen LogP contribution < -0.4 is 4.90 Å². The summed E-state index contributed by atoms with van der Waals surface area (Å²) < 4.78 is 0. The van der Waals surface area contributed by atoms with Gasteiger partial charge in [-0.3, -0.25) is 9.59 Å². The molecule has 0 bridgehead atoms. The van der Waals surface area contributed by atoms with Crippen molar-refractivity contribution in [2.24, 2.45) is 0 Å². The van der Waals surface area contributed by atoms with Gasteiger partial charge in [-0.2, -0.15) is 0 Å². The Morgan fingerprint density at radius 2 is 2.05 bits per heavy atom. The summed E-state index contributed by atoms with van der Waals surface area (Å²) >= 11 is 0. The van der Waals surface area contributed by atoms with E-state index in [9.17, 15) is 9.59 Å². The van der Waals surface area contributed by atoms with Crippen molar-refractivity contribution in [3.8, 4) is 0 Å². The normalized spacial score (nSPS) is 17.4. The maximum absolute atomic E-state index is 12.3. The molecule has 5 heteroatoms. The fourth-order valence-electron chi connectivity index (χ4n) is 2.57. The first-order chi connectivity index (χ1) is 9.49. The summed E-state index contributed by atoms with van der Waals surface area (Å²) in [6.45, 7) is 1.17. The molecule has 1 heterocycles. The fourth-order valence-corrected chi connectivity index (χ4v) is 2.57.